The number of benzene rings is 1. The van der Waals surface area contributed by atoms with Crippen LogP contribution in [0, 0.1) is 0 Å². The van der Waals surface area contributed by atoms with Gasteiger partial charge in [-0.15, -0.1) is 12.3 Å². The van der Waals surface area contributed by atoms with Gasteiger partial charge in [-0.2, -0.15) is 13.2 Å². The van der Waals surface area contributed by atoms with Crippen molar-refractivity contribution in [3.8, 4) is 0 Å². The average Bonchev–Trinajstić information content (AvgIpc) is 2.34. The highest BCUT2D eigenvalue weighted by molar-refractivity contribution is 6.82. The molecule has 1 rings (SSSR count). The molecule has 0 aromatic heterocycles. The van der Waals surface area contributed by atoms with Crippen molar-refractivity contribution in [2.24, 2.45) is 0 Å². The fourth-order valence-corrected chi connectivity index (χ4v) is 2.95. The zero-order valence-electron chi connectivity index (χ0n) is 11.3. The summed E-state index contributed by atoms with van der Waals surface area (Å²) in [5.41, 5.74) is 2.18. The number of hydrogen-bond acceptors (Lipinski definition) is 1. The van der Waals surface area contributed by atoms with Crippen LogP contribution in [-0.2, 0) is 6.18 Å². The highest BCUT2D eigenvalue weighted by atomic mass is 28.3. The highest BCUT2D eigenvalue weighted by Crippen LogP contribution is 2.29. The predicted molar refractivity (Wildman–Crippen MR) is 77.0 cm³/mol. The number of hydrogen-bond donors (Lipinski definition) is 1. The van der Waals surface area contributed by atoms with E-state index in [-0.39, 0.29) is 0 Å². The van der Waals surface area contributed by atoms with Crippen molar-refractivity contribution in [3.63, 3.8) is 0 Å². The molecule has 0 aliphatic heterocycles. The summed E-state index contributed by atoms with van der Waals surface area (Å²) in [7, 11) is -1.27. The van der Waals surface area contributed by atoms with Gasteiger partial charge in [0.2, 0.25) is 0 Å². The van der Waals surface area contributed by atoms with Crippen molar-refractivity contribution < 1.29 is 13.2 Å². The Morgan fingerprint density at radius 3 is 2.26 bits per heavy atom. The largest absolute Gasteiger partial charge is 0.416 e. The van der Waals surface area contributed by atoms with E-state index in [0.29, 0.717) is 0 Å². The summed E-state index contributed by atoms with van der Waals surface area (Å²) in [5, 5.41) is 3.14. The zero-order valence-corrected chi connectivity index (χ0v) is 12.3. The molecule has 0 aliphatic carbocycles. The van der Waals surface area contributed by atoms with Gasteiger partial charge in [-0.25, -0.2) is 0 Å². The van der Waals surface area contributed by atoms with Crippen LogP contribution in [0.4, 0.5) is 18.9 Å². The van der Waals surface area contributed by atoms with E-state index in [1.807, 2.05) is 0 Å². The van der Waals surface area contributed by atoms with Crippen molar-refractivity contribution in [2.75, 3.05) is 11.9 Å². The summed E-state index contributed by atoms with van der Waals surface area (Å²) < 4.78 is 37.1. The first-order valence-corrected chi connectivity index (χ1v) is 9.58. The molecule has 0 aliphatic rings. The first-order valence-electron chi connectivity index (χ1n) is 6.29. The smallest absolute Gasteiger partial charge is 0.385 e. The Hall–Kier alpha value is -1.23. The van der Waals surface area contributed by atoms with E-state index in [2.05, 4.69) is 30.7 Å². The van der Waals surface area contributed by atoms with Crippen LogP contribution in [0.15, 0.2) is 36.5 Å². The van der Waals surface area contributed by atoms with Crippen LogP contribution in [0.2, 0.25) is 19.1 Å². The minimum absolute atomic E-state index is 0.613. The molecule has 106 valence electrons. The molecule has 0 heterocycles. The Morgan fingerprint density at radius 2 is 1.79 bits per heavy atom. The summed E-state index contributed by atoms with van der Waals surface area (Å²) in [6, 6.07) is 6.28. The second-order valence-electron chi connectivity index (χ2n) is 5.30. The van der Waals surface area contributed by atoms with Gasteiger partial charge in [-0.1, -0.05) is 19.1 Å². The van der Waals surface area contributed by atoms with Crippen molar-refractivity contribution >= 4 is 13.8 Å². The molecule has 0 unspecified atom stereocenters. The number of alkyl halides is 3. The Morgan fingerprint density at radius 1 is 1.21 bits per heavy atom. The molecule has 0 saturated carbocycles. The number of halogens is 3. The van der Waals surface area contributed by atoms with Crippen LogP contribution in [0.3, 0.4) is 0 Å². The molecule has 0 spiro atoms. The van der Waals surface area contributed by atoms with Gasteiger partial charge in [0.05, 0.1) is 13.6 Å². The van der Waals surface area contributed by atoms with E-state index < -0.39 is 19.8 Å². The molecule has 0 bridgehead atoms. The Balaban J connectivity index is 2.41. The minimum Gasteiger partial charge on any atom is -0.385 e. The van der Waals surface area contributed by atoms with E-state index >= 15 is 0 Å². The standard InChI is InChI=1S/C14H20F3NSi/c1-4-19(2,3)11-5-10-18-13-8-6-12(7-9-13)14(15,16)17/h4,6-9,18H,1,5,10-11H2,2-3H3. The third-order valence-electron chi connectivity index (χ3n) is 3.09. The van der Waals surface area contributed by atoms with E-state index in [1.54, 1.807) is 0 Å². The maximum Gasteiger partial charge on any atom is 0.416 e. The lowest BCUT2D eigenvalue weighted by atomic mass is 10.2. The van der Waals surface area contributed by atoms with Crippen molar-refractivity contribution in [1.29, 1.82) is 0 Å². The van der Waals surface area contributed by atoms with E-state index in [9.17, 15) is 13.2 Å². The van der Waals surface area contributed by atoms with Crippen LogP contribution >= 0.6 is 0 Å². The SMILES string of the molecule is C=C[Si](C)(C)CCCNc1ccc(C(F)(F)F)cc1. The normalized spacial score (nSPS) is 12.3. The molecule has 1 aromatic carbocycles. The van der Waals surface area contributed by atoms with Crippen molar-refractivity contribution in [1.82, 2.24) is 0 Å². The summed E-state index contributed by atoms with van der Waals surface area (Å²) in [4.78, 5) is 0. The molecule has 0 radical (unpaired) electrons. The predicted octanol–water partition coefficient (Wildman–Crippen LogP) is 4.94. The monoisotopic (exact) mass is 287 g/mol. The first-order chi connectivity index (χ1) is 8.74. The fraction of sp³-hybridized carbons (Fsp3) is 0.429. The average molecular weight is 287 g/mol. The van der Waals surface area contributed by atoms with Gasteiger partial charge in [0.15, 0.2) is 0 Å². The molecule has 0 amide bonds. The summed E-state index contributed by atoms with van der Waals surface area (Å²) in [6.07, 6.45) is -3.26. The summed E-state index contributed by atoms with van der Waals surface area (Å²) in [6.45, 7) is 9.11. The van der Waals surface area contributed by atoms with Gasteiger partial charge < -0.3 is 5.32 Å². The molecular formula is C14H20F3NSi. The zero-order chi connectivity index (χ0) is 14.5. The van der Waals surface area contributed by atoms with E-state index in [1.165, 1.54) is 12.1 Å². The van der Waals surface area contributed by atoms with Gasteiger partial charge in [-0.05, 0) is 30.7 Å². The molecule has 1 aromatic rings. The maximum atomic E-state index is 12.4. The fourth-order valence-electron chi connectivity index (χ4n) is 1.66. The lowest BCUT2D eigenvalue weighted by Crippen LogP contribution is -2.22. The second kappa shape index (κ2) is 6.28. The van der Waals surface area contributed by atoms with Crippen LogP contribution in [0.25, 0.3) is 0 Å². The lowest BCUT2D eigenvalue weighted by molar-refractivity contribution is -0.137. The molecule has 19 heavy (non-hydrogen) atoms. The third-order valence-corrected chi connectivity index (χ3v) is 5.84. The van der Waals surface area contributed by atoms with Crippen LogP contribution in [0.1, 0.15) is 12.0 Å². The van der Waals surface area contributed by atoms with Gasteiger partial charge >= 0.3 is 6.18 Å². The van der Waals surface area contributed by atoms with Crippen molar-refractivity contribution in [3.05, 3.63) is 42.1 Å². The topological polar surface area (TPSA) is 12.0 Å². The Labute approximate surface area is 113 Å². The minimum atomic E-state index is -4.27. The summed E-state index contributed by atoms with van der Waals surface area (Å²) in [5.74, 6) is 0. The van der Waals surface area contributed by atoms with Crippen LogP contribution in [0.5, 0.6) is 0 Å². The van der Waals surface area contributed by atoms with Gasteiger partial charge in [0.1, 0.15) is 0 Å². The van der Waals surface area contributed by atoms with Gasteiger partial charge in [0, 0.05) is 12.2 Å². The molecule has 0 fully saturated rings. The second-order valence-corrected chi connectivity index (χ2v) is 10.2. The molecule has 0 atom stereocenters. The van der Waals surface area contributed by atoms with Gasteiger partial charge in [0.25, 0.3) is 0 Å². The third kappa shape index (κ3) is 5.51. The number of anilines is 1. The summed E-state index contributed by atoms with van der Waals surface area (Å²) >= 11 is 0. The molecule has 0 saturated heterocycles. The van der Waals surface area contributed by atoms with Crippen LogP contribution in [-0.4, -0.2) is 14.6 Å². The highest BCUT2D eigenvalue weighted by Gasteiger charge is 2.29. The maximum absolute atomic E-state index is 12.4. The molecule has 5 heteroatoms. The van der Waals surface area contributed by atoms with E-state index in [0.717, 1.165) is 36.8 Å². The van der Waals surface area contributed by atoms with Crippen LogP contribution < -0.4 is 5.32 Å². The molecule has 1 N–H and O–H groups in total. The lowest BCUT2D eigenvalue weighted by Gasteiger charge is -2.17. The molecule has 1 nitrogen and oxygen atoms in total. The quantitative estimate of drug-likeness (QED) is 0.577. The first kappa shape index (κ1) is 15.8. The van der Waals surface area contributed by atoms with E-state index in [4.69, 9.17) is 0 Å². The molecular weight excluding hydrogens is 267 g/mol. The van der Waals surface area contributed by atoms with Crippen molar-refractivity contribution in [2.45, 2.75) is 31.7 Å². The number of nitrogens with one attached hydrogen (secondary N) is 1. The number of rotatable bonds is 6. The Bertz CT molecular complexity index is 410. The Kier molecular flexibility index (Phi) is 5.23. The van der Waals surface area contributed by atoms with Gasteiger partial charge in [-0.3, -0.25) is 0 Å².